The molecule has 0 aliphatic heterocycles. The minimum Gasteiger partial charge on any atom is -0.607 e. The van der Waals surface area contributed by atoms with Crippen molar-refractivity contribution in [3.8, 4) is 0 Å². The summed E-state index contributed by atoms with van der Waals surface area (Å²) in [6.45, 7) is 3.43. The van der Waals surface area contributed by atoms with Crippen molar-refractivity contribution in [3.63, 3.8) is 0 Å². The van der Waals surface area contributed by atoms with Gasteiger partial charge in [-0.25, -0.2) is 4.79 Å². The molecule has 1 aromatic carbocycles. The summed E-state index contributed by atoms with van der Waals surface area (Å²) >= 11 is 3.60. The van der Waals surface area contributed by atoms with Crippen LogP contribution in [0.5, 0.6) is 0 Å². The third kappa shape index (κ3) is 3.95. The summed E-state index contributed by atoms with van der Waals surface area (Å²) in [5.74, 6) is 0. The fourth-order valence-electron chi connectivity index (χ4n) is 0.902. The summed E-state index contributed by atoms with van der Waals surface area (Å²) < 4.78 is 16.2. The maximum Gasteiger partial charge on any atom is 0.404 e. The average molecular weight is 245 g/mol. The van der Waals surface area contributed by atoms with Crippen molar-refractivity contribution in [3.05, 3.63) is 41.8 Å². The molecule has 0 spiro atoms. The van der Waals surface area contributed by atoms with Gasteiger partial charge in [0.15, 0.2) is 16.4 Å². The van der Waals surface area contributed by atoms with Crippen LogP contribution in [0, 0.1) is 0 Å². The Balaban J connectivity index is 2.57. The molecule has 5 heteroatoms. The molecule has 0 aliphatic carbocycles. The Morgan fingerprint density at radius 2 is 2.07 bits per heavy atom. The van der Waals surface area contributed by atoms with Gasteiger partial charge in [0.2, 0.25) is 0 Å². The van der Waals surface area contributed by atoms with Crippen LogP contribution in [0.25, 0.3) is 0 Å². The topological polar surface area (TPSA) is 49.4 Å². The summed E-state index contributed by atoms with van der Waals surface area (Å²) in [6, 6.07) is 8.79. The SMILES string of the molecule is C=C(COC(=O)Cl)[S+]([O-])c1ccccc1. The predicted molar refractivity (Wildman–Crippen MR) is 59.2 cm³/mol. The number of ether oxygens (including phenoxy) is 1. The molecule has 1 rings (SSSR count). The van der Waals surface area contributed by atoms with Gasteiger partial charge < -0.3 is 9.29 Å². The summed E-state index contributed by atoms with van der Waals surface area (Å²) in [7, 11) is 0. The molecule has 0 bridgehead atoms. The Labute approximate surface area is 95.9 Å². The lowest BCUT2D eigenvalue weighted by Gasteiger charge is -2.11. The zero-order chi connectivity index (χ0) is 11.3. The molecule has 1 unspecified atom stereocenters. The normalized spacial score (nSPS) is 11.9. The first-order valence-electron chi connectivity index (χ1n) is 4.08. The maximum atomic E-state index is 11.7. The van der Waals surface area contributed by atoms with Crippen molar-refractivity contribution in [2.75, 3.05) is 6.61 Å². The number of benzene rings is 1. The van der Waals surface area contributed by atoms with E-state index < -0.39 is 16.6 Å². The number of carbonyl (C=O) groups excluding carboxylic acids is 1. The highest BCUT2D eigenvalue weighted by atomic mass is 35.5. The van der Waals surface area contributed by atoms with Gasteiger partial charge >= 0.3 is 5.43 Å². The molecule has 0 aliphatic rings. The van der Waals surface area contributed by atoms with E-state index in [0.717, 1.165) is 0 Å². The van der Waals surface area contributed by atoms with Crippen molar-refractivity contribution in [1.82, 2.24) is 0 Å². The Morgan fingerprint density at radius 1 is 1.47 bits per heavy atom. The van der Waals surface area contributed by atoms with Gasteiger partial charge in [-0.05, 0) is 18.7 Å². The highest BCUT2D eigenvalue weighted by Gasteiger charge is 2.16. The van der Waals surface area contributed by atoms with Crippen molar-refractivity contribution in [2.24, 2.45) is 0 Å². The second kappa shape index (κ2) is 5.80. The molecule has 0 aromatic heterocycles. The number of hydrogen-bond acceptors (Lipinski definition) is 3. The number of rotatable bonds is 4. The van der Waals surface area contributed by atoms with Crippen LogP contribution < -0.4 is 0 Å². The Bertz CT molecular complexity index is 353. The van der Waals surface area contributed by atoms with E-state index in [-0.39, 0.29) is 6.61 Å². The highest BCUT2D eigenvalue weighted by molar-refractivity contribution is 7.95. The zero-order valence-electron chi connectivity index (χ0n) is 7.81. The monoisotopic (exact) mass is 244 g/mol. The van der Waals surface area contributed by atoms with Crippen LogP contribution in [0.3, 0.4) is 0 Å². The molecule has 0 amide bonds. The lowest BCUT2D eigenvalue weighted by molar-refractivity contribution is 0.185. The van der Waals surface area contributed by atoms with Crippen molar-refractivity contribution in [1.29, 1.82) is 0 Å². The van der Waals surface area contributed by atoms with Gasteiger partial charge in [-0.1, -0.05) is 18.2 Å². The molecule has 0 saturated carbocycles. The van der Waals surface area contributed by atoms with E-state index in [1.807, 2.05) is 6.07 Å². The highest BCUT2D eigenvalue weighted by Crippen LogP contribution is 2.17. The standard InChI is InChI=1S/C10H9ClO3S/c1-8(7-14-10(11)12)15(13)9-5-3-2-4-6-9/h2-6H,1,7H2. The smallest absolute Gasteiger partial charge is 0.404 e. The van der Waals surface area contributed by atoms with Gasteiger partial charge in [-0.15, -0.1) is 0 Å². The Kier molecular flexibility index (Phi) is 4.68. The molecule has 0 saturated heterocycles. The van der Waals surface area contributed by atoms with E-state index in [0.29, 0.717) is 9.80 Å². The van der Waals surface area contributed by atoms with E-state index >= 15 is 0 Å². The lowest BCUT2D eigenvalue weighted by Crippen LogP contribution is -2.10. The molecule has 1 aromatic rings. The van der Waals surface area contributed by atoms with Gasteiger partial charge in [-0.3, -0.25) is 0 Å². The van der Waals surface area contributed by atoms with Gasteiger partial charge in [0, 0.05) is 22.8 Å². The van der Waals surface area contributed by atoms with Crippen LogP contribution in [-0.2, 0) is 15.9 Å². The minimum atomic E-state index is -1.37. The summed E-state index contributed by atoms with van der Waals surface area (Å²) in [4.78, 5) is 11.2. The fourth-order valence-corrected chi connectivity index (χ4v) is 1.86. The van der Waals surface area contributed by atoms with Gasteiger partial charge in [0.1, 0.15) is 0 Å². The quantitative estimate of drug-likeness (QED) is 0.604. The molecular weight excluding hydrogens is 236 g/mol. The molecule has 80 valence electrons. The fraction of sp³-hybridized carbons (Fsp3) is 0.100. The molecule has 0 fully saturated rings. The van der Waals surface area contributed by atoms with Crippen LogP contribution in [0.4, 0.5) is 4.79 Å². The van der Waals surface area contributed by atoms with E-state index in [1.165, 1.54) is 0 Å². The lowest BCUT2D eigenvalue weighted by atomic mass is 10.4. The van der Waals surface area contributed by atoms with E-state index in [2.05, 4.69) is 11.3 Å². The maximum absolute atomic E-state index is 11.7. The van der Waals surface area contributed by atoms with Gasteiger partial charge in [-0.2, -0.15) is 0 Å². The number of carbonyl (C=O) groups is 1. The zero-order valence-corrected chi connectivity index (χ0v) is 9.38. The number of halogens is 1. The first-order chi connectivity index (χ1) is 7.11. The van der Waals surface area contributed by atoms with E-state index in [1.54, 1.807) is 24.3 Å². The van der Waals surface area contributed by atoms with E-state index in [9.17, 15) is 9.35 Å². The Morgan fingerprint density at radius 3 is 2.60 bits per heavy atom. The van der Waals surface area contributed by atoms with Crippen LogP contribution in [0.15, 0.2) is 46.7 Å². The van der Waals surface area contributed by atoms with Crippen molar-refractivity contribution in [2.45, 2.75) is 4.90 Å². The molecule has 0 heterocycles. The van der Waals surface area contributed by atoms with Crippen LogP contribution in [0.2, 0.25) is 0 Å². The molecule has 15 heavy (non-hydrogen) atoms. The largest absolute Gasteiger partial charge is 0.607 e. The van der Waals surface area contributed by atoms with Crippen molar-refractivity contribution >= 4 is 28.2 Å². The molecule has 0 N–H and O–H groups in total. The first kappa shape index (κ1) is 12.1. The minimum absolute atomic E-state index is 0.135. The van der Waals surface area contributed by atoms with Crippen LogP contribution in [0.1, 0.15) is 0 Å². The predicted octanol–water partition coefficient (Wildman–Crippen LogP) is 2.68. The Hall–Kier alpha value is -0.970. The van der Waals surface area contributed by atoms with Gasteiger partial charge in [0.05, 0.1) is 0 Å². The van der Waals surface area contributed by atoms with Gasteiger partial charge in [0.25, 0.3) is 0 Å². The summed E-state index contributed by atoms with van der Waals surface area (Å²) in [5.41, 5.74) is -0.929. The first-order valence-corrected chi connectivity index (χ1v) is 5.61. The van der Waals surface area contributed by atoms with E-state index in [4.69, 9.17) is 11.6 Å². The second-order valence-electron chi connectivity index (χ2n) is 2.65. The third-order valence-electron chi connectivity index (χ3n) is 1.57. The molecule has 3 nitrogen and oxygen atoms in total. The second-order valence-corrected chi connectivity index (χ2v) is 4.54. The van der Waals surface area contributed by atoms with Crippen molar-refractivity contribution < 1.29 is 14.1 Å². The average Bonchev–Trinajstić information content (AvgIpc) is 2.26. The molecule has 1 atom stereocenters. The third-order valence-corrected chi connectivity index (χ3v) is 3.02. The number of hydrogen-bond donors (Lipinski definition) is 0. The summed E-state index contributed by atoms with van der Waals surface area (Å²) in [6.07, 6.45) is 0. The molecular formula is C10H9ClO3S. The van der Waals surface area contributed by atoms with Crippen LogP contribution >= 0.6 is 11.6 Å². The molecule has 0 radical (unpaired) electrons. The summed E-state index contributed by atoms with van der Waals surface area (Å²) in [5, 5.41) is 0. The van der Waals surface area contributed by atoms with Crippen LogP contribution in [-0.4, -0.2) is 16.6 Å².